The first kappa shape index (κ1) is 22.7. The molecule has 3 heterocycles. The number of primary sulfonamides is 1. The van der Waals surface area contributed by atoms with Gasteiger partial charge in [-0.15, -0.1) is 0 Å². The second-order valence-corrected chi connectivity index (χ2v) is 9.39. The van der Waals surface area contributed by atoms with Gasteiger partial charge in [-0.3, -0.25) is 4.90 Å². The number of piperidine rings is 1. The minimum Gasteiger partial charge on any atom is -0.371 e. The lowest BCUT2D eigenvalue weighted by Gasteiger charge is -2.42. The molecule has 4 rings (SSSR count). The summed E-state index contributed by atoms with van der Waals surface area (Å²) in [5.74, 6) is 0. The van der Waals surface area contributed by atoms with E-state index in [4.69, 9.17) is 5.14 Å². The van der Waals surface area contributed by atoms with Gasteiger partial charge in [-0.1, -0.05) is 0 Å². The number of alkyl halides is 3. The minimum atomic E-state index is -4.87. The van der Waals surface area contributed by atoms with E-state index in [0.717, 1.165) is 45.1 Å². The van der Waals surface area contributed by atoms with Crippen LogP contribution in [-0.4, -0.2) is 58.6 Å². The Labute approximate surface area is 178 Å². The zero-order valence-electron chi connectivity index (χ0n) is 16.8. The van der Waals surface area contributed by atoms with Gasteiger partial charge in [0.2, 0.25) is 10.0 Å². The number of nitrogens with two attached hydrogens (primary N) is 1. The van der Waals surface area contributed by atoms with Crippen molar-refractivity contribution in [2.45, 2.75) is 36.1 Å². The van der Waals surface area contributed by atoms with Crippen LogP contribution < -0.4 is 37.3 Å². The Kier molecular flexibility index (Phi) is 6.42. The molecule has 10 nitrogen and oxygen atoms in total. The predicted octanol–water partition coefficient (Wildman–Crippen LogP) is -0.658. The fourth-order valence-corrected chi connectivity index (χ4v) is 5.61. The van der Waals surface area contributed by atoms with Gasteiger partial charge in [-0.05, 0) is 25.0 Å². The van der Waals surface area contributed by atoms with Crippen LogP contribution in [0.4, 0.5) is 18.9 Å². The minimum absolute atomic E-state index is 0.0598. The molecule has 3 aliphatic heterocycles. The van der Waals surface area contributed by atoms with Crippen LogP contribution in [0.5, 0.6) is 0 Å². The van der Waals surface area contributed by atoms with Crippen molar-refractivity contribution in [2.75, 3.05) is 44.2 Å². The highest BCUT2D eigenvalue weighted by Gasteiger charge is 2.41. The van der Waals surface area contributed by atoms with Gasteiger partial charge in [0.05, 0.1) is 5.56 Å². The predicted molar refractivity (Wildman–Crippen MR) is 108 cm³/mol. The lowest BCUT2D eigenvalue weighted by Crippen LogP contribution is -2.52. The molecule has 0 spiro atoms. The number of hydrazine groups is 3. The number of hydrogen-bond acceptors (Lipinski definition) is 9. The van der Waals surface area contributed by atoms with E-state index in [9.17, 15) is 21.6 Å². The standard InChI is InChI=1S/C17H27F3N8O2S/c18-17(19,20)12-1-2-13(14(15(12)31(21,29)30)16-23-25-26-24-16)28-7-3-11(4-8-28)27-9-5-22-6-10-27/h1-2,11,16,22-26H,3-10H2,(H2,21,29,30). The van der Waals surface area contributed by atoms with Crippen LogP contribution in [-0.2, 0) is 16.2 Å². The average molecular weight is 465 g/mol. The van der Waals surface area contributed by atoms with E-state index in [2.05, 4.69) is 32.1 Å². The second-order valence-electron chi connectivity index (χ2n) is 7.89. The van der Waals surface area contributed by atoms with Gasteiger partial charge in [0.1, 0.15) is 11.1 Å². The van der Waals surface area contributed by atoms with Crippen molar-refractivity contribution >= 4 is 15.7 Å². The molecule has 3 aliphatic rings. The molecule has 174 valence electrons. The van der Waals surface area contributed by atoms with Crippen LogP contribution in [0.15, 0.2) is 17.0 Å². The molecule has 0 aliphatic carbocycles. The van der Waals surface area contributed by atoms with Crippen molar-refractivity contribution in [3.05, 3.63) is 23.3 Å². The van der Waals surface area contributed by atoms with Gasteiger partial charge in [0, 0.05) is 56.6 Å². The lowest BCUT2D eigenvalue weighted by atomic mass is 9.99. The van der Waals surface area contributed by atoms with E-state index >= 15 is 0 Å². The normalized spacial score (nSPS) is 22.9. The summed E-state index contributed by atoms with van der Waals surface area (Å²) in [6.45, 7) is 5.03. The first-order valence-electron chi connectivity index (χ1n) is 10.1. The van der Waals surface area contributed by atoms with Crippen LogP contribution in [0.25, 0.3) is 0 Å². The molecule has 0 saturated carbocycles. The molecule has 3 saturated heterocycles. The fourth-order valence-electron chi connectivity index (χ4n) is 4.59. The van der Waals surface area contributed by atoms with E-state index in [1.807, 2.05) is 4.90 Å². The maximum absolute atomic E-state index is 13.7. The highest BCUT2D eigenvalue weighted by Crippen LogP contribution is 2.41. The lowest BCUT2D eigenvalue weighted by molar-refractivity contribution is -0.140. The molecule has 0 bridgehead atoms. The Morgan fingerprint density at radius 2 is 1.61 bits per heavy atom. The number of halogens is 3. The Bertz CT molecular complexity index is 893. The summed E-state index contributed by atoms with van der Waals surface area (Å²) < 4.78 is 65.6. The largest absolute Gasteiger partial charge is 0.417 e. The SMILES string of the molecule is NS(=O)(=O)c1c(C(F)(F)F)ccc(N2CCC(N3CCNCC3)CC2)c1C1NNNN1. The number of nitrogens with zero attached hydrogens (tertiary/aromatic N) is 2. The quantitative estimate of drug-likeness (QED) is 0.344. The van der Waals surface area contributed by atoms with Crippen LogP contribution in [0, 0.1) is 0 Å². The zero-order chi connectivity index (χ0) is 22.2. The average Bonchev–Trinajstić information content (AvgIpc) is 3.27. The van der Waals surface area contributed by atoms with Gasteiger partial charge in [-0.2, -0.15) is 24.2 Å². The molecule has 1 aromatic rings. The monoisotopic (exact) mass is 464 g/mol. The van der Waals surface area contributed by atoms with Crippen LogP contribution in [0.2, 0.25) is 0 Å². The molecule has 0 unspecified atom stereocenters. The summed E-state index contributed by atoms with van der Waals surface area (Å²) in [5, 5.41) is 8.61. The Balaban J connectivity index is 1.69. The van der Waals surface area contributed by atoms with Gasteiger partial charge in [-0.25, -0.2) is 24.4 Å². The van der Waals surface area contributed by atoms with E-state index in [-0.39, 0.29) is 5.56 Å². The number of piperazine rings is 1. The Morgan fingerprint density at radius 3 is 2.16 bits per heavy atom. The zero-order valence-corrected chi connectivity index (χ0v) is 17.6. The smallest absolute Gasteiger partial charge is 0.371 e. The van der Waals surface area contributed by atoms with Crippen molar-refractivity contribution in [3.63, 3.8) is 0 Å². The highest BCUT2D eigenvalue weighted by atomic mass is 32.2. The van der Waals surface area contributed by atoms with Crippen molar-refractivity contribution in [2.24, 2.45) is 5.14 Å². The third-order valence-electron chi connectivity index (χ3n) is 6.02. The van der Waals surface area contributed by atoms with Crippen molar-refractivity contribution in [1.82, 2.24) is 32.1 Å². The molecule has 3 fully saturated rings. The fraction of sp³-hybridized carbons (Fsp3) is 0.647. The molecular formula is C17H27F3N8O2S. The number of benzene rings is 1. The van der Waals surface area contributed by atoms with Gasteiger partial charge in [0.15, 0.2) is 0 Å². The highest BCUT2D eigenvalue weighted by molar-refractivity contribution is 7.89. The summed E-state index contributed by atoms with van der Waals surface area (Å²) in [7, 11) is -4.67. The number of nitrogens with one attached hydrogen (secondary N) is 5. The van der Waals surface area contributed by atoms with E-state index in [0.29, 0.717) is 24.8 Å². The summed E-state index contributed by atoms with van der Waals surface area (Å²) in [4.78, 5) is 3.45. The molecule has 31 heavy (non-hydrogen) atoms. The summed E-state index contributed by atoms with van der Waals surface area (Å²) in [6.07, 6.45) is -4.12. The van der Waals surface area contributed by atoms with Crippen LogP contribution >= 0.6 is 0 Å². The first-order valence-corrected chi connectivity index (χ1v) is 11.7. The second kappa shape index (κ2) is 8.78. The number of hydrogen-bond donors (Lipinski definition) is 6. The summed E-state index contributed by atoms with van der Waals surface area (Å²) >= 11 is 0. The summed E-state index contributed by atoms with van der Waals surface area (Å²) in [5.41, 5.74) is 9.53. The molecule has 0 atom stereocenters. The molecular weight excluding hydrogens is 437 g/mol. The molecule has 0 aromatic heterocycles. The van der Waals surface area contributed by atoms with Crippen LogP contribution in [0.3, 0.4) is 0 Å². The number of sulfonamides is 1. The van der Waals surface area contributed by atoms with E-state index in [1.165, 1.54) is 6.07 Å². The van der Waals surface area contributed by atoms with Crippen molar-refractivity contribution < 1.29 is 21.6 Å². The van der Waals surface area contributed by atoms with Crippen molar-refractivity contribution in [1.29, 1.82) is 0 Å². The third kappa shape index (κ3) is 4.80. The molecule has 0 radical (unpaired) electrons. The molecule has 1 aromatic carbocycles. The first-order chi connectivity index (χ1) is 14.7. The summed E-state index contributed by atoms with van der Waals surface area (Å²) in [6, 6.07) is 2.54. The maximum Gasteiger partial charge on any atom is 0.417 e. The maximum atomic E-state index is 13.7. The topological polar surface area (TPSA) is 127 Å². The van der Waals surface area contributed by atoms with E-state index in [1.54, 1.807) is 0 Å². The van der Waals surface area contributed by atoms with E-state index < -0.39 is 32.8 Å². The third-order valence-corrected chi connectivity index (χ3v) is 7.03. The molecule has 7 N–H and O–H groups in total. The van der Waals surface area contributed by atoms with Gasteiger partial charge >= 0.3 is 6.18 Å². The number of anilines is 1. The Hall–Kier alpha value is -1.52. The molecule has 14 heteroatoms. The van der Waals surface area contributed by atoms with Crippen LogP contribution in [0.1, 0.15) is 30.1 Å². The van der Waals surface area contributed by atoms with Crippen molar-refractivity contribution in [3.8, 4) is 0 Å². The van der Waals surface area contributed by atoms with Gasteiger partial charge in [0.25, 0.3) is 0 Å². The molecule has 0 amide bonds. The number of rotatable bonds is 4. The van der Waals surface area contributed by atoms with Gasteiger partial charge < -0.3 is 10.2 Å². The Morgan fingerprint density at radius 1 is 1.00 bits per heavy atom.